The number of nitrogens with two attached hydrogens (primary N) is 1. The Morgan fingerprint density at radius 3 is 3.00 bits per heavy atom. The van der Waals surface area contributed by atoms with Gasteiger partial charge < -0.3 is 16.6 Å². The summed E-state index contributed by atoms with van der Waals surface area (Å²) in [6.07, 6.45) is 4.65. The highest BCUT2D eigenvalue weighted by molar-refractivity contribution is 5.82. The molecule has 0 unspecified atom stereocenters. The van der Waals surface area contributed by atoms with Crippen LogP contribution in [0.1, 0.15) is 27.6 Å². The van der Waals surface area contributed by atoms with Gasteiger partial charge in [-0.3, -0.25) is 4.57 Å². The highest BCUT2D eigenvalue weighted by atomic mass is 16.1. The topological polar surface area (TPSA) is 137 Å². The van der Waals surface area contributed by atoms with E-state index in [0.717, 1.165) is 19.3 Å². The number of hydrazine groups is 1. The number of rotatable bonds is 5. The summed E-state index contributed by atoms with van der Waals surface area (Å²) in [6, 6.07) is 0. The van der Waals surface area contributed by atoms with Gasteiger partial charge >= 0.3 is 5.69 Å². The second kappa shape index (κ2) is 6.12. The van der Waals surface area contributed by atoms with Crippen LogP contribution in [0.4, 0.5) is 5.82 Å². The number of fused-ring (bicyclic) bond motifs is 1. The van der Waals surface area contributed by atoms with Gasteiger partial charge in [-0.15, -0.1) is 0 Å². The van der Waals surface area contributed by atoms with Gasteiger partial charge in [0.05, 0.1) is 6.33 Å². The minimum absolute atomic E-state index is 0. The monoisotopic (exact) mass is 255 g/mol. The number of nitrogens with one attached hydrogen (secondary N) is 2. The summed E-state index contributed by atoms with van der Waals surface area (Å²) in [7, 11) is 0. The van der Waals surface area contributed by atoms with Crippen LogP contribution in [0.5, 0.6) is 0 Å². The second-order valence-electron chi connectivity index (χ2n) is 3.85. The van der Waals surface area contributed by atoms with Crippen molar-refractivity contribution in [1.29, 1.82) is 0 Å². The lowest BCUT2D eigenvalue weighted by Crippen LogP contribution is -2.26. The Kier molecular flexibility index (Phi) is 4.81. The van der Waals surface area contributed by atoms with Gasteiger partial charge in [-0.1, -0.05) is 19.8 Å². The largest absolute Gasteiger partial charge is 0.351 e. The molecule has 2 rings (SSSR count). The first kappa shape index (κ1) is 14.1. The van der Waals surface area contributed by atoms with Gasteiger partial charge in [0.15, 0.2) is 11.5 Å². The molecule has 0 fully saturated rings. The summed E-state index contributed by atoms with van der Waals surface area (Å²) in [5.74, 6) is 5.64. The number of unbranched alkanes of at least 4 members (excludes halogenated alkanes) is 2. The van der Waals surface area contributed by atoms with E-state index < -0.39 is 0 Å². The normalized spacial score (nSPS) is 10.3. The molecule has 0 amide bonds. The quantitative estimate of drug-likeness (QED) is 0.357. The van der Waals surface area contributed by atoms with Crippen molar-refractivity contribution in [1.82, 2.24) is 25.7 Å². The van der Waals surface area contributed by atoms with Crippen LogP contribution in [0.2, 0.25) is 0 Å². The number of aromatic amines is 1. The molecule has 2 heterocycles. The zero-order valence-corrected chi connectivity index (χ0v) is 10.4. The van der Waals surface area contributed by atoms with Crippen molar-refractivity contribution in [3.63, 3.8) is 0 Å². The standard InChI is InChI=1S/C10H16N6O.H3N.H2/c1-2-3-4-5-16-9-7(12-6-13-9)8(15-11)14-10(16)17;;/h6H,2-5,11H2,1H3,(H,12,13)(H,14,15,17);1H3;1H. The average Bonchev–Trinajstić information content (AvgIpc) is 2.80. The number of aryl methyl sites for hydroxylation is 1. The predicted octanol–water partition coefficient (Wildman–Crippen LogP) is 1.00. The Morgan fingerprint density at radius 1 is 1.56 bits per heavy atom. The van der Waals surface area contributed by atoms with Crippen LogP contribution >= 0.6 is 0 Å². The lowest BCUT2D eigenvalue weighted by molar-refractivity contribution is 0.590. The fraction of sp³-hybridized carbons (Fsp3) is 0.500. The van der Waals surface area contributed by atoms with E-state index in [1.807, 2.05) is 0 Å². The van der Waals surface area contributed by atoms with E-state index in [0.29, 0.717) is 23.5 Å². The van der Waals surface area contributed by atoms with Crippen LogP contribution in [-0.2, 0) is 6.54 Å². The van der Waals surface area contributed by atoms with Crippen molar-refractivity contribution in [2.75, 3.05) is 5.43 Å². The van der Waals surface area contributed by atoms with Gasteiger partial charge in [0.2, 0.25) is 0 Å². The van der Waals surface area contributed by atoms with E-state index in [4.69, 9.17) is 5.84 Å². The van der Waals surface area contributed by atoms with Gasteiger partial charge in [0.1, 0.15) is 5.52 Å². The molecule has 0 aliphatic heterocycles. The molecule has 7 N–H and O–H groups in total. The number of H-pyrrole nitrogens is 1. The first-order chi connectivity index (χ1) is 8.27. The third kappa shape index (κ3) is 2.49. The molecule has 0 saturated heterocycles. The Balaban J connectivity index is 0.00000162. The van der Waals surface area contributed by atoms with Gasteiger partial charge in [0, 0.05) is 7.97 Å². The van der Waals surface area contributed by atoms with Crippen molar-refractivity contribution in [3.8, 4) is 0 Å². The number of nitrogen functional groups attached to an aromatic ring is 1. The number of anilines is 1. The van der Waals surface area contributed by atoms with E-state index in [2.05, 4.69) is 27.3 Å². The minimum atomic E-state index is -0.325. The first-order valence-electron chi connectivity index (χ1n) is 5.68. The minimum Gasteiger partial charge on any atom is -0.344 e. The highest BCUT2D eigenvalue weighted by Gasteiger charge is 2.11. The van der Waals surface area contributed by atoms with Crippen LogP contribution in [0.25, 0.3) is 11.2 Å². The molecule has 0 atom stereocenters. The smallest absolute Gasteiger partial charge is 0.344 e. The molecule has 102 valence electrons. The number of hydrogen-bond donors (Lipinski definition) is 4. The number of imidazole rings is 1. The van der Waals surface area contributed by atoms with Crippen molar-refractivity contribution in [2.24, 2.45) is 5.84 Å². The molecule has 0 radical (unpaired) electrons. The fourth-order valence-corrected chi connectivity index (χ4v) is 1.79. The molecule has 0 aliphatic carbocycles. The molecule has 8 nitrogen and oxygen atoms in total. The zero-order chi connectivity index (χ0) is 12.3. The van der Waals surface area contributed by atoms with Gasteiger partial charge in [0.25, 0.3) is 0 Å². The molecule has 0 aromatic carbocycles. The average molecular weight is 255 g/mol. The Bertz CT molecular complexity index is 564. The van der Waals surface area contributed by atoms with E-state index in [-0.39, 0.29) is 13.3 Å². The maximum atomic E-state index is 11.8. The third-order valence-electron chi connectivity index (χ3n) is 2.67. The molecule has 2 aromatic heterocycles. The third-order valence-corrected chi connectivity index (χ3v) is 2.67. The number of hydrogen-bond acceptors (Lipinski definition) is 6. The molecular weight excluding hydrogens is 234 g/mol. The molecule has 0 aliphatic rings. The summed E-state index contributed by atoms with van der Waals surface area (Å²) in [6.45, 7) is 2.75. The van der Waals surface area contributed by atoms with Crippen molar-refractivity contribution < 1.29 is 1.43 Å². The van der Waals surface area contributed by atoms with Crippen LogP contribution in [0.15, 0.2) is 11.1 Å². The Morgan fingerprint density at radius 2 is 2.33 bits per heavy atom. The summed E-state index contributed by atoms with van der Waals surface area (Å²) in [5.41, 5.74) is 3.32. The molecular formula is C10H21N7O. The lowest BCUT2D eigenvalue weighted by Gasteiger charge is -2.07. The molecule has 0 spiro atoms. The Hall–Kier alpha value is -1.93. The van der Waals surface area contributed by atoms with Crippen LogP contribution in [0.3, 0.4) is 0 Å². The van der Waals surface area contributed by atoms with Crippen molar-refractivity contribution in [2.45, 2.75) is 32.7 Å². The molecule has 8 heteroatoms. The SMILES string of the molecule is CCCCCn1c(=O)nc(NN)c2[nH]cnc21.N.[HH]. The molecule has 18 heavy (non-hydrogen) atoms. The Labute approximate surface area is 106 Å². The van der Waals surface area contributed by atoms with Gasteiger partial charge in [-0.2, -0.15) is 4.98 Å². The fourth-order valence-electron chi connectivity index (χ4n) is 1.79. The molecule has 0 saturated carbocycles. The molecule has 2 aromatic rings. The summed E-state index contributed by atoms with van der Waals surface area (Å²) < 4.78 is 1.57. The first-order valence-corrected chi connectivity index (χ1v) is 5.68. The van der Waals surface area contributed by atoms with Crippen LogP contribution < -0.4 is 23.1 Å². The van der Waals surface area contributed by atoms with Crippen LogP contribution in [0, 0.1) is 0 Å². The van der Waals surface area contributed by atoms with Gasteiger partial charge in [-0.25, -0.2) is 15.6 Å². The summed E-state index contributed by atoms with van der Waals surface area (Å²) in [5, 5.41) is 0. The van der Waals surface area contributed by atoms with E-state index >= 15 is 0 Å². The van der Waals surface area contributed by atoms with Gasteiger partial charge in [-0.05, 0) is 6.42 Å². The maximum Gasteiger partial charge on any atom is 0.351 e. The predicted molar refractivity (Wildman–Crippen MR) is 72.6 cm³/mol. The number of nitrogens with zero attached hydrogens (tertiary/aromatic N) is 3. The lowest BCUT2D eigenvalue weighted by atomic mass is 10.2. The van der Waals surface area contributed by atoms with Crippen LogP contribution in [-0.4, -0.2) is 19.5 Å². The summed E-state index contributed by atoms with van der Waals surface area (Å²) in [4.78, 5) is 22.7. The number of aromatic nitrogens is 4. The van der Waals surface area contributed by atoms with E-state index in [1.54, 1.807) is 4.57 Å². The van der Waals surface area contributed by atoms with E-state index in [1.165, 1.54) is 6.33 Å². The zero-order valence-electron chi connectivity index (χ0n) is 10.4. The highest BCUT2D eigenvalue weighted by Crippen LogP contribution is 2.14. The summed E-state index contributed by atoms with van der Waals surface area (Å²) >= 11 is 0. The second-order valence-corrected chi connectivity index (χ2v) is 3.85. The van der Waals surface area contributed by atoms with Crippen molar-refractivity contribution >= 4 is 17.0 Å². The maximum absolute atomic E-state index is 11.8. The van der Waals surface area contributed by atoms with Crippen molar-refractivity contribution in [3.05, 3.63) is 16.8 Å². The molecule has 0 bridgehead atoms. The van der Waals surface area contributed by atoms with E-state index in [9.17, 15) is 4.79 Å².